The second-order valence-electron chi connectivity index (χ2n) is 4.87. The fourth-order valence-corrected chi connectivity index (χ4v) is 2.79. The van der Waals surface area contributed by atoms with Crippen molar-refractivity contribution < 1.29 is 19.4 Å². The van der Waals surface area contributed by atoms with E-state index in [4.69, 9.17) is 9.47 Å². The van der Waals surface area contributed by atoms with Gasteiger partial charge in [0.25, 0.3) is 0 Å². The molecular formula is C14H17NO4. The Morgan fingerprint density at radius 3 is 3.00 bits per heavy atom. The molecule has 1 atom stereocenters. The molecule has 102 valence electrons. The summed E-state index contributed by atoms with van der Waals surface area (Å²) in [6, 6.07) is 5.60. The molecule has 2 heterocycles. The smallest absolute Gasteiger partial charge is 0.339 e. The van der Waals surface area contributed by atoms with Gasteiger partial charge in [-0.2, -0.15) is 0 Å². The molecule has 1 saturated heterocycles. The van der Waals surface area contributed by atoms with Crippen LogP contribution in [0.5, 0.6) is 5.75 Å². The van der Waals surface area contributed by atoms with Crippen molar-refractivity contribution in [3.63, 3.8) is 0 Å². The largest absolute Gasteiger partial charge is 0.489 e. The van der Waals surface area contributed by atoms with Crippen molar-refractivity contribution in [1.29, 1.82) is 0 Å². The Balaban J connectivity index is 1.95. The molecule has 1 unspecified atom stereocenters. The first-order valence-corrected chi connectivity index (χ1v) is 6.61. The summed E-state index contributed by atoms with van der Waals surface area (Å²) >= 11 is 0. The number of rotatable bonds is 2. The Labute approximate surface area is 111 Å². The van der Waals surface area contributed by atoms with E-state index in [-0.39, 0.29) is 5.56 Å². The van der Waals surface area contributed by atoms with E-state index in [9.17, 15) is 9.90 Å². The number of para-hydroxylation sites is 1. The molecule has 0 aliphatic carbocycles. The zero-order valence-corrected chi connectivity index (χ0v) is 10.7. The number of nitrogens with zero attached hydrogens (tertiary/aromatic N) is 1. The van der Waals surface area contributed by atoms with Crippen molar-refractivity contribution in [2.24, 2.45) is 0 Å². The Morgan fingerprint density at radius 1 is 1.37 bits per heavy atom. The Morgan fingerprint density at radius 2 is 2.26 bits per heavy atom. The van der Waals surface area contributed by atoms with Crippen LogP contribution in [0.25, 0.3) is 0 Å². The summed E-state index contributed by atoms with van der Waals surface area (Å²) in [6.45, 7) is 2.83. The Hall–Kier alpha value is -1.75. The van der Waals surface area contributed by atoms with E-state index in [0.29, 0.717) is 25.0 Å². The molecule has 2 aliphatic heterocycles. The lowest BCUT2D eigenvalue weighted by molar-refractivity contribution is 0.0689. The number of fused-ring (bicyclic) bond motifs is 1. The summed E-state index contributed by atoms with van der Waals surface area (Å²) in [5, 5.41) is 9.21. The van der Waals surface area contributed by atoms with E-state index in [1.54, 1.807) is 12.1 Å². The third-order valence-corrected chi connectivity index (χ3v) is 3.69. The Bertz CT molecular complexity index is 482. The van der Waals surface area contributed by atoms with E-state index < -0.39 is 5.97 Å². The second-order valence-corrected chi connectivity index (χ2v) is 4.87. The molecule has 0 amide bonds. The number of anilines is 1. The molecule has 5 nitrogen and oxygen atoms in total. The third-order valence-electron chi connectivity index (χ3n) is 3.69. The van der Waals surface area contributed by atoms with Crippen LogP contribution in [0.2, 0.25) is 0 Å². The van der Waals surface area contributed by atoms with Crippen molar-refractivity contribution in [2.45, 2.75) is 18.9 Å². The Kier molecular flexibility index (Phi) is 3.29. The van der Waals surface area contributed by atoms with E-state index in [1.165, 1.54) is 0 Å². The predicted molar refractivity (Wildman–Crippen MR) is 70.1 cm³/mol. The highest BCUT2D eigenvalue weighted by atomic mass is 16.5. The quantitative estimate of drug-likeness (QED) is 0.881. The van der Waals surface area contributed by atoms with Gasteiger partial charge in [-0.1, -0.05) is 6.07 Å². The molecule has 1 N–H and O–H groups in total. The molecule has 0 bridgehead atoms. The van der Waals surface area contributed by atoms with Crippen molar-refractivity contribution in [1.82, 2.24) is 0 Å². The number of carboxylic acids is 1. The van der Waals surface area contributed by atoms with Gasteiger partial charge >= 0.3 is 5.97 Å². The average molecular weight is 263 g/mol. The molecule has 0 aromatic heterocycles. The van der Waals surface area contributed by atoms with Crippen molar-refractivity contribution in [2.75, 3.05) is 31.3 Å². The molecule has 1 aromatic rings. The number of carbonyl (C=O) groups is 1. The van der Waals surface area contributed by atoms with Gasteiger partial charge in [-0.3, -0.25) is 0 Å². The van der Waals surface area contributed by atoms with Crippen LogP contribution in [-0.4, -0.2) is 43.5 Å². The van der Waals surface area contributed by atoms with Crippen LogP contribution in [0.15, 0.2) is 18.2 Å². The second kappa shape index (κ2) is 5.09. The summed E-state index contributed by atoms with van der Waals surface area (Å²) < 4.78 is 11.1. The van der Waals surface area contributed by atoms with E-state index in [1.807, 2.05) is 6.07 Å². The molecule has 19 heavy (non-hydrogen) atoms. The summed E-state index contributed by atoms with van der Waals surface area (Å²) in [5.74, 6) is -0.453. The summed E-state index contributed by atoms with van der Waals surface area (Å²) in [6.07, 6.45) is 2.13. The number of hydrogen-bond acceptors (Lipinski definition) is 4. The van der Waals surface area contributed by atoms with Crippen LogP contribution in [0, 0.1) is 0 Å². The SMILES string of the molecule is O=C(O)c1cccc2c1OCCN2C1CCCOC1. The van der Waals surface area contributed by atoms with Gasteiger partial charge in [0.2, 0.25) is 0 Å². The number of carboxylic acid groups (broad SMARTS) is 1. The lowest BCUT2D eigenvalue weighted by Gasteiger charge is -2.39. The average Bonchev–Trinajstić information content (AvgIpc) is 2.46. The van der Waals surface area contributed by atoms with Gasteiger partial charge < -0.3 is 19.5 Å². The minimum Gasteiger partial charge on any atom is -0.489 e. The van der Waals surface area contributed by atoms with E-state index in [2.05, 4.69) is 4.90 Å². The molecule has 5 heteroatoms. The normalized spacial score (nSPS) is 22.5. The summed E-state index contributed by atoms with van der Waals surface area (Å²) in [5.41, 5.74) is 1.11. The predicted octanol–water partition coefficient (Wildman–Crippen LogP) is 1.76. The van der Waals surface area contributed by atoms with Crippen LogP contribution in [0.4, 0.5) is 5.69 Å². The monoisotopic (exact) mass is 263 g/mol. The minimum absolute atomic E-state index is 0.235. The molecule has 1 aromatic carbocycles. The van der Waals surface area contributed by atoms with E-state index in [0.717, 1.165) is 31.7 Å². The van der Waals surface area contributed by atoms with Gasteiger partial charge in [0.05, 0.1) is 24.9 Å². The fourth-order valence-electron chi connectivity index (χ4n) is 2.79. The standard InChI is InChI=1S/C14H17NO4/c16-14(17)11-4-1-5-12-13(11)19-8-6-15(12)10-3-2-7-18-9-10/h1,4-5,10H,2-3,6-9H2,(H,16,17). The van der Waals surface area contributed by atoms with Gasteiger partial charge in [0.1, 0.15) is 12.2 Å². The molecule has 0 saturated carbocycles. The lowest BCUT2D eigenvalue weighted by atomic mass is 10.0. The third kappa shape index (κ3) is 2.26. The van der Waals surface area contributed by atoms with Crippen molar-refractivity contribution in [3.8, 4) is 5.75 Å². The van der Waals surface area contributed by atoms with E-state index >= 15 is 0 Å². The fraction of sp³-hybridized carbons (Fsp3) is 0.500. The highest BCUT2D eigenvalue weighted by Crippen LogP contribution is 2.37. The molecule has 0 radical (unpaired) electrons. The van der Waals surface area contributed by atoms with Gasteiger partial charge in [-0.05, 0) is 25.0 Å². The number of aromatic carboxylic acids is 1. The highest BCUT2D eigenvalue weighted by molar-refractivity contribution is 5.93. The molecule has 0 spiro atoms. The number of hydrogen-bond donors (Lipinski definition) is 1. The number of ether oxygens (including phenoxy) is 2. The van der Waals surface area contributed by atoms with Crippen LogP contribution in [0.3, 0.4) is 0 Å². The first-order valence-electron chi connectivity index (χ1n) is 6.61. The van der Waals surface area contributed by atoms with Crippen molar-refractivity contribution in [3.05, 3.63) is 23.8 Å². The minimum atomic E-state index is -0.946. The summed E-state index contributed by atoms with van der Waals surface area (Å²) in [4.78, 5) is 13.5. The van der Waals surface area contributed by atoms with Gasteiger partial charge in [0.15, 0.2) is 5.75 Å². The van der Waals surface area contributed by atoms with Crippen LogP contribution >= 0.6 is 0 Å². The van der Waals surface area contributed by atoms with Crippen LogP contribution in [0.1, 0.15) is 23.2 Å². The maximum Gasteiger partial charge on any atom is 0.339 e. The van der Waals surface area contributed by atoms with Gasteiger partial charge in [0, 0.05) is 6.61 Å². The summed E-state index contributed by atoms with van der Waals surface area (Å²) in [7, 11) is 0. The molecule has 3 rings (SSSR count). The van der Waals surface area contributed by atoms with Crippen LogP contribution < -0.4 is 9.64 Å². The zero-order chi connectivity index (χ0) is 13.2. The number of benzene rings is 1. The first kappa shape index (κ1) is 12.3. The zero-order valence-electron chi connectivity index (χ0n) is 10.7. The van der Waals surface area contributed by atoms with Gasteiger partial charge in [-0.25, -0.2) is 4.79 Å². The first-order chi connectivity index (χ1) is 9.27. The highest BCUT2D eigenvalue weighted by Gasteiger charge is 2.29. The molecule has 1 fully saturated rings. The maximum atomic E-state index is 11.2. The van der Waals surface area contributed by atoms with Crippen LogP contribution in [-0.2, 0) is 4.74 Å². The van der Waals surface area contributed by atoms with Crippen molar-refractivity contribution >= 4 is 11.7 Å². The maximum absolute atomic E-state index is 11.2. The lowest BCUT2D eigenvalue weighted by Crippen LogP contribution is -2.45. The molecule has 2 aliphatic rings. The topological polar surface area (TPSA) is 59.0 Å². The molecular weight excluding hydrogens is 246 g/mol. The van der Waals surface area contributed by atoms with Gasteiger partial charge in [-0.15, -0.1) is 0 Å².